The minimum Gasteiger partial charge on any atom is -0.268 e. The Morgan fingerprint density at radius 3 is 2.48 bits per heavy atom. The summed E-state index contributed by atoms with van der Waals surface area (Å²) in [6, 6.07) is 15.9. The summed E-state index contributed by atoms with van der Waals surface area (Å²) in [5, 5.41) is 9.99. The van der Waals surface area contributed by atoms with Gasteiger partial charge in [-0.1, -0.05) is 23.9 Å². The third kappa shape index (κ3) is 4.67. The van der Waals surface area contributed by atoms with Crippen molar-refractivity contribution in [3.8, 4) is 11.8 Å². The van der Waals surface area contributed by atoms with E-state index in [4.69, 9.17) is 5.26 Å². The summed E-state index contributed by atoms with van der Waals surface area (Å²) >= 11 is 1.34. The van der Waals surface area contributed by atoms with Crippen LogP contribution in [-0.2, 0) is 10.0 Å². The van der Waals surface area contributed by atoms with Gasteiger partial charge in [-0.3, -0.25) is 9.36 Å². The van der Waals surface area contributed by atoms with E-state index in [1.807, 2.05) is 6.07 Å². The molecule has 0 radical (unpaired) electrons. The van der Waals surface area contributed by atoms with Gasteiger partial charge in [-0.25, -0.2) is 17.7 Å². The average Bonchev–Trinajstić information content (AvgIpc) is 2.71. The molecule has 1 heterocycles. The van der Waals surface area contributed by atoms with Gasteiger partial charge < -0.3 is 0 Å². The molecule has 0 atom stereocenters. The SMILES string of the molecule is CN(C)S(=O)(=O)CCCSc1nc2ccccc2c(=O)n1-c1ccc(C#N)cc1. The molecule has 0 N–H and O–H groups in total. The van der Waals surface area contributed by atoms with Crippen molar-refractivity contribution in [2.75, 3.05) is 25.6 Å². The number of thioether (sulfide) groups is 1. The number of nitriles is 1. The Morgan fingerprint density at radius 1 is 1.14 bits per heavy atom. The number of aromatic nitrogens is 2. The normalized spacial score (nSPS) is 11.7. The summed E-state index contributed by atoms with van der Waals surface area (Å²) in [6.45, 7) is 0. The lowest BCUT2D eigenvalue weighted by atomic mass is 10.2. The van der Waals surface area contributed by atoms with E-state index in [0.29, 0.717) is 39.5 Å². The molecule has 0 amide bonds. The Kier molecular flexibility index (Phi) is 6.37. The molecular weight excluding hydrogens is 408 g/mol. The van der Waals surface area contributed by atoms with E-state index in [-0.39, 0.29) is 11.3 Å². The van der Waals surface area contributed by atoms with Crippen LogP contribution in [0.4, 0.5) is 0 Å². The van der Waals surface area contributed by atoms with Crippen molar-refractivity contribution in [3.05, 3.63) is 64.4 Å². The van der Waals surface area contributed by atoms with E-state index in [9.17, 15) is 13.2 Å². The molecule has 3 rings (SSSR count). The van der Waals surface area contributed by atoms with E-state index in [1.54, 1.807) is 42.5 Å². The van der Waals surface area contributed by atoms with Crippen LogP contribution in [-0.4, -0.2) is 47.9 Å². The van der Waals surface area contributed by atoms with Crippen LogP contribution in [0.2, 0.25) is 0 Å². The van der Waals surface area contributed by atoms with Gasteiger partial charge in [-0.05, 0) is 42.8 Å². The Balaban J connectivity index is 1.96. The van der Waals surface area contributed by atoms with Crippen LogP contribution < -0.4 is 5.56 Å². The number of hydrogen-bond donors (Lipinski definition) is 0. The Morgan fingerprint density at radius 2 is 1.83 bits per heavy atom. The van der Waals surface area contributed by atoms with Crippen molar-refractivity contribution in [2.24, 2.45) is 0 Å². The number of hydrogen-bond acceptors (Lipinski definition) is 6. The molecule has 0 fully saturated rings. The van der Waals surface area contributed by atoms with Gasteiger partial charge in [0, 0.05) is 19.8 Å². The molecule has 0 spiro atoms. The highest BCUT2D eigenvalue weighted by Gasteiger charge is 2.16. The van der Waals surface area contributed by atoms with E-state index in [2.05, 4.69) is 11.1 Å². The molecule has 0 aliphatic rings. The maximum atomic E-state index is 13.1. The van der Waals surface area contributed by atoms with Crippen LogP contribution in [0.25, 0.3) is 16.6 Å². The highest BCUT2D eigenvalue weighted by Crippen LogP contribution is 2.22. The van der Waals surface area contributed by atoms with Gasteiger partial charge in [-0.2, -0.15) is 5.26 Å². The number of para-hydroxylation sites is 1. The molecule has 0 saturated carbocycles. The lowest BCUT2D eigenvalue weighted by Gasteiger charge is -2.14. The molecule has 3 aromatic rings. The second kappa shape index (κ2) is 8.78. The Bertz CT molecular complexity index is 1230. The van der Waals surface area contributed by atoms with Crippen LogP contribution in [0.15, 0.2) is 58.5 Å². The fourth-order valence-electron chi connectivity index (χ4n) is 2.71. The van der Waals surface area contributed by atoms with Crippen molar-refractivity contribution in [3.63, 3.8) is 0 Å². The number of fused-ring (bicyclic) bond motifs is 1. The first-order valence-electron chi connectivity index (χ1n) is 8.89. The summed E-state index contributed by atoms with van der Waals surface area (Å²) < 4.78 is 26.6. The largest absolute Gasteiger partial charge is 0.268 e. The Hall–Kier alpha value is -2.67. The van der Waals surface area contributed by atoms with Crippen LogP contribution in [0, 0.1) is 11.3 Å². The molecule has 0 bridgehead atoms. The quantitative estimate of drug-likeness (QED) is 0.326. The molecule has 1 aromatic heterocycles. The molecule has 0 aliphatic heterocycles. The Labute approximate surface area is 173 Å². The maximum absolute atomic E-state index is 13.1. The summed E-state index contributed by atoms with van der Waals surface area (Å²) in [7, 11) is -0.245. The lowest BCUT2D eigenvalue weighted by Crippen LogP contribution is -2.25. The third-order valence-electron chi connectivity index (χ3n) is 4.33. The molecule has 0 saturated heterocycles. The molecule has 29 heavy (non-hydrogen) atoms. The van der Waals surface area contributed by atoms with Gasteiger partial charge in [0.15, 0.2) is 5.16 Å². The minimum absolute atomic E-state index is 0.0294. The summed E-state index contributed by atoms with van der Waals surface area (Å²) in [5.41, 5.74) is 1.49. The maximum Gasteiger partial charge on any atom is 0.266 e. The summed E-state index contributed by atoms with van der Waals surface area (Å²) in [6.07, 6.45) is 0.432. The predicted octanol–water partition coefficient (Wildman–Crippen LogP) is 2.63. The molecule has 7 nitrogen and oxygen atoms in total. The van der Waals surface area contributed by atoms with Gasteiger partial charge in [0.05, 0.1) is 34.0 Å². The van der Waals surface area contributed by atoms with Crippen molar-refractivity contribution >= 4 is 32.7 Å². The van der Waals surface area contributed by atoms with E-state index in [0.717, 1.165) is 0 Å². The third-order valence-corrected chi connectivity index (χ3v) is 7.28. The van der Waals surface area contributed by atoms with Crippen LogP contribution in [0.1, 0.15) is 12.0 Å². The number of sulfonamides is 1. The topological polar surface area (TPSA) is 96.1 Å². The zero-order valence-corrected chi connectivity index (χ0v) is 17.7. The monoisotopic (exact) mass is 428 g/mol. The van der Waals surface area contributed by atoms with Gasteiger partial charge in [0.25, 0.3) is 5.56 Å². The van der Waals surface area contributed by atoms with Gasteiger partial charge >= 0.3 is 0 Å². The van der Waals surface area contributed by atoms with Crippen LogP contribution >= 0.6 is 11.8 Å². The van der Waals surface area contributed by atoms with Crippen LogP contribution in [0.3, 0.4) is 0 Å². The van der Waals surface area contributed by atoms with Crippen LogP contribution in [0.5, 0.6) is 0 Å². The van der Waals surface area contributed by atoms with E-state index in [1.165, 1.54) is 34.7 Å². The first kappa shape index (κ1) is 21.0. The van der Waals surface area contributed by atoms with Crippen molar-refractivity contribution < 1.29 is 8.42 Å². The van der Waals surface area contributed by atoms with Crippen molar-refractivity contribution in [2.45, 2.75) is 11.6 Å². The molecular formula is C20H20N4O3S2. The summed E-state index contributed by atoms with van der Waals surface area (Å²) in [5.74, 6) is 0.524. The first-order chi connectivity index (χ1) is 13.8. The first-order valence-corrected chi connectivity index (χ1v) is 11.5. The summed E-state index contributed by atoms with van der Waals surface area (Å²) in [4.78, 5) is 17.8. The smallest absolute Gasteiger partial charge is 0.266 e. The van der Waals surface area contributed by atoms with E-state index < -0.39 is 10.0 Å². The second-order valence-corrected chi connectivity index (χ2v) is 9.88. The van der Waals surface area contributed by atoms with Gasteiger partial charge in [0.2, 0.25) is 10.0 Å². The zero-order valence-electron chi connectivity index (χ0n) is 16.1. The zero-order chi connectivity index (χ0) is 21.0. The molecule has 150 valence electrons. The molecule has 0 unspecified atom stereocenters. The lowest BCUT2D eigenvalue weighted by molar-refractivity contribution is 0.520. The molecule has 0 aliphatic carbocycles. The fraction of sp³-hybridized carbons (Fsp3) is 0.250. The highest BCUT2D eigenvalue weighted by molar-refractivity contribution is 7.99. The second-order valence-electron chi connectivity index (χ2n) is 6.51. The molecule has 2 aromatic carbocycles. The van der Waals surface area contributed by atoms with Crippen molar-refractivity contribution in [1.29, 1.82) is 5.26 Å². The number of benzene rings is 2. The average molecular weight is 429 g/mol. The van der Waals surface area contributed by atoms with Gasteiger partial charge in [0.1, 0.15) is 0 Å². The number of rotatable bonds is 7. The minimum atomic E-state index is -3.27. The standard InChI is InChI=1S/C20H20N4O3S2/c1-23(2)29(26,27)13-5-12-28-20-22-18-7-4-3-6-17(18)19(25)24(20)16-10-8-15(14-21)9-11-16/h3-4,6-11H,5,12-13H2,1-2H3. The fourth-order valence-corrected chi connectivity index (χ4v) is 4.72. The highest BCUT2D eigenvalue weighted by atomic mass is 32.2. The van der Waals surface area contributed by atoms with E-state index >= 15 is 0 Å². The number of nitrogens with zero attached hydrogens (tertiary/aromatic N) is 4. The predicted molar refractivity (Wildman–Crippen MR) is 115 cm³/mol. The van der Waals surface area contributed by atoms with Crippen molar-refractivity contribution in [1.82, 2.24) is 13.9 Å². The molecule has 9 heteroatoms. The van der Waals surface area contributed by atoms with Gasteiger partial charge in [-0.15, -0.1) is 0 Å².